The maximum Gasteiger partial charge on any atom is 0.0745 e. The van der Waals surface area contributed by atoms with Crippen molar-refractivity contribution in [2.24, 2.45) is 5.73 Å². The van der Waals surface area contributed by atoms with Crippen LogP contribution in [0.3, 0.4) is 0 Å². The van der Waals surface area contributed by atoms with Gasteiger partial charge in [-0.3, -0.25) is 0 Å². The van der Waals surface area contributed by atoms with E-state index < -0.39 is 0 Å². The topological polar surface area (TPSA) is 29.3 Å². The second kappa shape index (κ2) is 5.71. The average molecular weight is 222 g/mol. The van der Waals surface area contributed by atoms with Crippen LogP contribution in [0.4, 0.5) is 5.69 Å². The van der Waals surface area contributed by atoms with Gasteiger partial charge < -0.3 is 10.6 Å². The summed E-state index contributed by atoms with van der Waals surface area (Å²) in [6.45, 7) is 6.11. The second-order valence-corrected chi connectivity index (χ2v) is 4.16. The van der Waals surface area contributed by atoms with Crippen LogP contribution in [0.2, 0.25) is 0 Å². The monoisotopic (exact) mass is 222 g/mol. The fraction of sp³-hybridized carbons (Fsp3) is 0.417. The third-order valence-corrected chi connectivity index (χ3v) is 2.61. The first-order valence-corrected chi connectivity index (χ1v) is 5.64. The molecular formula is C12H18N2S. The van der Waals surface area contributed by atoms with E-state index in [1.165, 1.54) is 11.3 Å². The summed E-state index contributed by atoms with van der Waals surface area (Å²) in [5.74, 6) is 0. The van der Waals surface area contributed by atoms with Crippen LogP contribution >= 0.6 is 12.2 Å². The zero-order valence-electron chi connectivity index (χ0n) is 9.36. The lowest BCUT2D eigenvalue weighted by molar-refractivity contribution is 0.837. The number of nitrogens with zero attached hydrogens (tertiary/aromatic N) is 1. The molecule has 0 unspecified atom stereocenters. The van der Waals surface area contributed by atoms with Gasteiger partial charge in [0.25, 0.3) is 0 Å². The van der Waals surface area contributed by atoms with Gasteiger partial charge in [-0.25, -0.2) is 0 Å². The Hall–Kier alpha value is -1.09. The Morgan fingerprint density at radius 1 is 1.33 bits per heavy atom. The predicted octanol–water partition coefficient (Wildman–Crippen LogP) is 2.50. The summed E-state index contributed by atoms with van der Waals surface area (Å²) >= 11 is 4.88. The Morgan fingerprint density at radius 3 is 2.40 bits per heavy atom. The maximum absolute atomic E-state index is 5.50. The summed E-state index contributed by atoms with van der Waals surface area (Å²) in [7, 11) is 0. The minimum atomic E-state index is 0.584. The van der Waals surface area contributed by atoms with Crippen LogP contribution in [0, 0.1) is 6.92 Å². The van der Waals surface area contributed by atoms with Crippen LogP contribution in [0.5, 0.6) is 0 Å². The van der Waals surface area contributed by atoms with Crippen LogP contribution < -0.4 is 10.6 Å². The molecule has 1 aromatic rings. The number of thiocarbonyl (C=S) groups is 1. The number of aryl methyl sites for hydroxylation is 1. The normalized spacial score (nSPS) is 10.0. The Bertz CT molecular complexity index is 319. The molecule has 0 saturated carbocycles. The smallest absolute Gasteiger partial charge is 0.0745 e. The summed E-state index contributed by atoms with van der Waals surface area (Å²) < 4.78 is 0. The zero-order chi connectivity index (χ0) is 11.3. The molecule has 0 amide bonds. The molecule has 1 aromatic carbocycles. The van der Waals surface area contributed by atoms with Crippen LogP contribution in [0.25, 0.3) is 0 Å². The second-order valence-electron chi connectivity index (χ2n) is 3.63. The summed E-state index contributed by atoms with van der Waals surface area (Å²) in [6, 6.07) is 8.52. The number of anilines is 1. The summed E-state index contributed by atoms with van der Waals surface area (Å²) in [4.78, 5) is 2.86. The fourth-order valence-corrected chi connectivity index (χ4v) is 1.56. The van der Waals surface area contributed by atoms with Gasteiger partial charge in [-0.2, -0.15) is 0 Å². The molecule has 0 bridgehead atoms. The summed E-state index contributed by atoms with van der Waals surface area (Å²) in [5.41, 5.74) is 8.02. The molecule has 2 N–H and O–H groups in total. The van der Waals surface area contributed by atoms with E-state index in [1.54, 1.807) is 0 Å². The Labute approximate surface area is 97.1 Å². The molecule has 15 heavy (non-hydrogen) atoms. The Kier molecular flexibility index (Phi) is 4.56. The quantitative estimate of drug-likeness (QED) is 0.776. The molecule has 0 aliphatic heterocycles. The zero-order valence-corrected chi connectivity index (χ0v) is 10.2. The largest absolute Gasteiger partial charge is 0.393 e. The van der Waals surface area contributed by atoms with Gasteiger partial charge in [0.1, 0.15) is 0 Å². The standard InChI is InChI=1S/C12H18N2S/c1-3-14(9-8-12(13)15)11-6-4-10(2)5-7-11/h4-7H,3,8-9H2,1-2H3,(H2,13,15). The predicted molar refractivity (Wildman–Crippen MR) is 70.5 cm³/mol. The molecule has 2 nitrogen and oxygen atoms in total. The van der Waals surface area contributed by atoms with Gasteiger partial charge in [0, 0.05) is 25.2 Å². The lowest BCUT2D eigenvalue weighted by Crippen LogP contribution is -2.27. The highest BCUT2D eigenvalue weighted by Gasteiger charge is 2.03. The molecule has 0 aromatic heterocycles. The molecule has 82 valence electrons. The molecule has 0 spiro atoms. The van der Waals surface area contributed by atoms with Crippen LogP contribution in [-0.4, -0.2) is 18.1 Å². The van der Waals surface area contributed by atoms with E-state index in [-0.39, 0.29) is 0 Å². The molecule has 1 rings (SSSR count). The Morgan fingerprint density at radius 2 is 1.93 bits per heavy atom. The minimum Gasteiger partial charge on any atom is -0.393 e. The number of hydrogen-bond acceptors (Lipinski definition) is 2. The first kappa shape index (κ1) is 12.0. The molecule has 0 aliphatic rings. The van der Waals surface area contributed by atoms with Crippen LogP contribution in [0.1, 0.15) is 18.9 Å². The maximum atomic E-state index is 5.50. The molecular weight excluding hydrogens is 204 g/mol. The van der Waals surface area contributed by atoms with Crippen molar-refractivity contribution in [3.05, 3.63) is 29.8 Å². The number of nitrogens with two attached hydrogens (primary N) is 1. The molecule has 0 atom stereocenters. The molecule has 0 saturated heterocycles. The Balaban J connectivity index is 2.65. The van der Waals surface area contributed by atoms with Crippen LogP contribution in [-0.2, 0) is 0 Å². The van der Waals surface area contributed by atoms with Gasteiger partial charge in [-0.1, -0.05) is 29.9 Å². The lowest BCUT2D eigenvalue weighted by Gasteiger charge is -2.22. The van der Waals surface area contributed by atoms with Crippen molar-refractivity contribution < 1.29 is 0 Å². The molecule has 0 radical (unpaired) electrons. The third kappa shape index (κ3) is 3.88. The van der Waals surface area contributed by atoms with E-state index in [0.29, 0.717) is 4.99 Å². The van der Waals surface area contributed by atoms with Gasteiger partial charge in [-0.05, 0) is 26.0 Å². The number of rotatable bonds is 5. The fourth-order valence-electron chi connectivity index (χ4n) is 1.47. The first-order valence-electron chi connectivity index (χ1n) is 5.23. The van der Waals surface area contributed by atoms with E-state index in [2.05, 4.69) is 43.0 Å². The van der Waals surface area contributed by atoms with Crippen molar-refractivity contribution in [1.82, 2.24) is 0 Å². The number of hydrogen-bond donors (Lipinski definition) is 1. The van der Waals surface area contributed by atoms with E-state index in [0.717, 1.165) is 19.5 Å². The summed E-state index contributed by atoms with van der Waals surface area (Å²) in [6.07, 6.45) is 0.775. The van der Waals surface area contributed by atoms with Gasteiger partial charge in [0.05, 0.1) is 4.99 Å². The number of benzene rings is 1. The van der Waals surface area contributed by atoms with Crippen LogP contribution in [0.15, 0.2) is 24.3 Å². The van der Waals surface area contributed by atoms with Crippen molar-refractivity contribution in [3.63, 3.8) is 0 Å². The van der Waals surface area contributed by atoms with Crippen molar-refractivity contribution in [1.29, 1.82) is 0 Å². The molecule has 0 heterocycles. The summed E-state index contributed by atoms with van der Waals surface area (Å²) in [5, 5.41) is 0. The van der Waals surface area contributed by atoms with Gasteiger partial charge in [0.2, 0.25) is 0 Å². The lowest BCUT2D eigenvalue weighted by atomic mass is 10.2. The molecule has 0 aliphatic carbocycles. The minimum absolute atomic E-state index is 0.584. The van der Waals surface area contributed by atoms with Gasteiger partial charge in [0.15, 0.2) is 0 Å². The average Bonchev–Trinajstić information content (AvgIpc) is 2.21. The molecule has 0 fully saturated rings. The van der Waals surface area contributed by atoms with E-state index >= 15 is 0 Å². The van der Waals surface area contributed by atoms with Crippen molar-refractivity contribution >= 4 is 22.9 Å². The highest BCUT2D eigenvalue weighted by molar-refractivity contribution is 7.80. The van der Waals surface area contributed by atoms with Crippen molar-refractivity contribution in [2.45, 2.75) is 20.3 Å². The third-order valence-electron chi connectivity index (χ3n) is 2.41. The molecule has 3 heteroatoms. The van der Waals surface area contributed by atoms with E-state index in [1.807, 2.05) is 0 Å². The highest BCUT2D eigenvalue weighted by atomic mass is 32.1. The van der Waals surface area contributed by atoms with Crippen molar-refractivity contribution in [2.75, 3.05) is 18.0 Å². The van der Waals surface area contributed by atoms with Gasteiger partial charge in [-0.15, -0.1) is 0 Å². The van der Waals surface area contributed by atoms with Gasteiger partial charge >= 0.3 is 0 Å². The highest BCUT2D eigenvalue weighted by Crippen LogP contribution is 2.14. The van der Waals surface area contributed by atoms with Crippen molar-refractivity contribution in [3.8, 4) is 0 Å². The van der Waals surface area contributed by atoms with E-state index in [4.69, 9.17) is 18.0 Å². The SMILES string of the molecule is CCN(CCC(N)=S)c1ccc(C)cc1. The van der Waals surface area contributed by atoms with E-state index in [9.17, 15) is 0 Å². The first-order chi connectivity index (χ1) is 7.13.